The highest BCUT2D eigenvalue weighted by atomic mass is 79.9. The Balaban J connectivity index is 1.64. The summed E-state index contributed by atoms with van der Waals surface area (Å²) in [4.78, 5) is 28.8. The van der Waals surface area contributed by atoms with Crippen LogP contribution in [0.3, 0.4) is 0 Å². The van der Waals surface area contributed by atoms with E-state index in [-0.39, 0.29) is 19.8 Å². The highest BCUT2D eigenvalue weighted by molar-refractivity contribution is 9.10. The number of carbonyl (C=O) groups excluding carboxylic acids is 1. The van der Waals surface area contributed by atoms with E-state index in [4.69, 9.17) is 29.0 Å². The molecule has 2 aromatic rings. The number of hydrogen-bond donors (Lipinski definition) is 0. The standard InChI is InChI=1S/C22H23BrF2O7/c1-15(26)30-21-19(22(23,24)25)20(32-29-13-17-10-6-3-7-11-17)18(31-21)14-28-27-12-16-8-4-2-5-9-16/h2-11,18-21H,12-14H2,1H3/t18-,19+,20-,21+/m1/s1. The average molecular weight is 517 g/mol. The first-order valence-corrected chi connectivity index (χ1v) is 10.6. The van der Waals surface area contributed by atoms with E-state index in [1.54, 1.807) is 12.1 Å². The molecular weight excluding hydrogens is 494 g/mol. The summed E-state index contributed by atoms with van der Waals surface area (Å²) in [6.45, 7) is 1.01. The van der Waals surface area contributed by atoms with E-state index in [9.17, 15) is 13.6 Å². The van der Waals surface area contributed by atoms with Gasteiger partial charge < -0.3 is 9.47 Å². The molecule has 0 radical (unpaired) electrons. The second-order valence-corrected chi connectivity index (χ2v) is 8.12. The SMILES string of the molecule is CC(=O)O[C@H]1O[C@H](COOCc2ccccc2)[C@@H](OOCc2ccccc2)[C@@H]1C(F)(F)Br. The molecule has 0 bridgehead atoms. The Morgan fingerprint density at radius 1 is 0.969 bits per heavy atom. The van der Waals surface area contributed by atoms with Gasteiger partial charge in [0.1, 0.15) is 37.9 Å². The third kappa shape index (κ3) is 7.29. The number of hydrogen-bond acceptors (Lipinski definition) is 7. The molecule has 1 fully saturated rings. The maximum atomic E-state index is 14.3. The van der Waals surface area contributed by atoms with Gasteiger partial charge in [0.05, 0.1) is 0 Å². The van der Waals surface area contributed by atoms with Gasteiger partial charge in [-0.3, -0.25) is 4.79 Å². The summed E-state index contributed by atoms with van der Waals surface area (Å²) in [6, 6.07) is 18.3. The predicted molar refractivity (Wildman–Crippen MR) is 111 cm³/mol. The first-order valence-electron chi connectivity index (χ1n) is 9.84. The maximum absolute atomic E-state index is 14.3. The van der Waals surface area contributed by atoms with Crippen molar-refractivity contribution < 1.29 is 42.6 Å². The van der Waals surface area contributed by atoms with Crippen molar-refractivity contribution in [2.24, 2.45) is 5.92 Å². The molecule has 0 N–H and O–H groups in total. The lowest BCUT2D eigenvalue weighted by Crippen LogP contribution is -2.42. The van der Waals surface area contributed by atoms with Crippen molar-refractivity contribution >= 4 is 21.9 Å². The van der Waals surface area contributed by atoms with E-state index in [1.165, 1.54) is 0 Å². The second-order valence-electron chi connectivity index (χ2n) is 7.06. The smallest absolute Gasteiger partial charge is 0.312 e. The van der Waals surface area contributed by atoms with E-state index in [0.717, 1.165) is 18.1 Å². The molecule has 0 aliphatic carbocycles. The zero-order valence-electron chi connectivity index (χ0n) is 17.2. The van der Waals surface area contributed by atoms with Gasteiger partial charge in [-0.25, -0.2) is 19.6 Å². The minimum absolute atomic E-state index is 0.0221. The Morgan fingerprint density at radius 2 is 1.53 bits per heavy atom. The van der Waals surface area contributed by atoms with Crippen LogP contribution in [0.5, 0.6) is 0 Å². The first-order chi connectivity index (χ1) is 15.3. The fourth-order valence-corrected chi connectivity index (χ4v) is 3.61. The molecule has 7 nitrogen and oxygen atoms in total. The molecule has 1 saturated heterocycles. The lowest BCUT2D eigenvalue weighted by atomic mass is 10.0. The number of carbonyl (C=O) groups is 1. The molecule has 0 aromatic heterocycles. The van der Waals surface area contributed by atoms with E-state index in [2.05, 4.69) is 15.9 Å². The third-order valence-electron chi connectivity index (χ3n) is 4.61. The molecule has 1 aliphatic rings. The van der Waals surface area contributed by atoms with Gasteiger partial charge >= 0.3 is 10.8 Å². The molecule has 174 valence electrons. The summed E-state index contributed by atoms with van der Waals surface area (Å²) in [5.74, 6) is -2.47. The largest absolute Gasteiger partial charge is 0.435 e. The van der Waals surface area contributed by atoms with Gasteiger partial charge in [-0.1, -0.05) is 60.7 Å². The zero-order chi connectivity index (χ0) is 23.0. The van der Waals surface area contributed by atoms with Crippen molar-refractivity contribution in [3.63, 3.8) is 0 Å². The molecule has 0 spiro atoms. The predicted octanol–water partition coefficient (Wildman–Crippen LogP) is 4.54. The van der Waals surface area contributed by atoms with Gasteiger partial charge in [-0.05, 0) is 27.1 Å². The summed E-state index contributed by atoms with van der Waals surface area (Å²) in [7, 11) is 0. The van der Waals surface area contributed by atoms with Crippen molar-refractivity contribution in [2.45, 2.75) is 43.5 Å². The number of halogens is 3. The van der Waals surface area contributed by atoms with Crippen LogP contribution in [-0.4, -0.2) is 35.9 Å². The third-order valence-corrected chi connectivity index (χ3v) is 5.14. The van der Waals surface area contributed by atoms with Crippen LogP contribution in [0.1, 0.15) is 18.1 Å². The van der Waals surface area contributed by atoms with Gasteiger partial charge in [-0.2, -0.15) is 8.78 Å². The Hall–Kier alpha value is -1.95. The molecule has 10 heteroatoms. The lowest BCUT2D eigenvalue weighted by Gasteiger charge is -2.26. The number of alkyl halides is 3. The highest BCUT2D eigenvalue weighted by Gasteiger charge is 2.59. The van der Waals surface area contributed by atoms with Crippen LogP contribution in [0.25, 0.3) is 0 Å². The molecule has 0 saturated carbocycles. The Bertz CT molecular complexity index is 835. The zero-order valence-corrected chi connectivity index (χ0v) is 18.8. The molecule has 4 atom stereocenters. The first kappa shape index (κ1) is 24.7. The van der Waals surface area contributed by atoms with E-state index >= 15 is 0 Å². The van der Waals surface area contributed by atoms with Gasteiger partial charge in [0.15, 0.2) is 0 Å². The number of rotatable bonds is 11. The number of esters is 1. The van der Waals surface area contributed by atoms with E-state index < -0.39 is 35.2 Å². The van der Waals surface area contributed by atoms with Crippen LogP contribution in [0.15, 0.2) is 60.7 Å². The van der Waals surface area contributed by atoms with E-state index in [1.807, 2.05) is 48.5 Å². The molecule has 2 aromatic carbocycles. The minimum Gasteiger partial charge on any atom is -0.435 e. The average Bonchev–Trinajstić information content (AvgIpc) is 3.09. The number of ether oxygens (including phenoxy) is 2. The van der Waals surface area contributed by atoms with Crippen LogP contribution in [-0.2, 0) is 47.0 Å². The monoisotopic (exact) mass is 516 g/mol. The number of benzene rings is 2. The highest BCUT2D eigenvalue weighted by Crippen LogP contribution is 2.44. The fourth-order valence-electron chi connectivity index (χ4n) is 3.14. The summed E-state index contributed by atoms with van der Waals surface area (Å²) >= 11 is 2.34. The van der Waals surface area contributed by atoms with Gasteiger partial charge in [0, 0.05) is 6.92 Å². The van der Waals surface area contributed by atoms with Gasteiger partial charge in [0.25, 0.3) is 0 Å². The molecule has 0 unspecified atom stereocenters. The fraction of sp³-hybridized carbons (Fsp3) is 0.409. The Kier molecular flexibility index (Phi) is 9.09. The molecule has 0 amide bonds. The Morgan fingerprint density at radius 3 is 2.06 bits per heavy atom. The van der Waals surface area contributed by atoms with Crippen LogP contribution < -0.4 is 0 Å². The van der Waals surface area contributed by atoms with Crippen LogP contribution >= 0.6 is 15.9 Å². The summed E-state index contributed by atoms with van der Waals surface area (Å²) in [5.41, 5.74) is 1.64. The second kappa shape index (κ2) is 11.8. The van der Waals surface area contributed by atoms with Crippen molar-refractivity contribution in [1.29, 1.82) is 0 Å². The summed E-state index contributed by atoms with van der Waals surface area (Å²) in [5, 5.41) is 0. The van der Waals surface area contributed by atoms with Crippen LogP contribution in [0, 0.1) is 5.92 Å². The maximum Gasteiger partial charge on any atom is 0.312 e. The lowest BCUT2D eigenvalue weighted by molar-refractivity contribution is -0.363. The van der Waals surface area contributed by atoms with Gasteiger partial charge in [-0.15, -0.1) is 0 Å². The molecule has 32 heavy (non-hydrogen) atoms. The Labute approximate surface area is 192 Å². The van der Waals surface area contributed by atoms with Crippen molar-refractivity contribution in [1.82, 2.24) is 0 Å². The topological polar surface area (TPSA) is 72.5 Å². The quantitative estimate of drug-likeness (QED) is 0.143. The molecular formula is C22H23BrF2O7. The van der Waals surface area contributed by atoms with Crippen LogP contribution in [0.2, 0.25) is 0 Å². The molecule has 3 rings (SSSR count). The van der Waals surface area contributed by atoms with Crippen LogP contribution in [0.4, 0.5) is 8.78 Å². The molecule has 1 heterocycles. The normalized spacial score (nSPS) is 23.2. The van der Waals surface area contributed by atoms with Crippen molar-refractivity contribution in [2.75, 3.05) is 6.61 Å². The van der Waals surface area contributed by atoms with E-state index in [0.29, 0.717) is 0 Å². The summed E-state index contributed by atoms with van der Waals surface area (Å²) in [6.07, 6.45) is -3.95. The minimum atomic E-state index is -3.48. The molecule has 1 aliphatic heterocycles. The van der Waals surface area contributed by atoms with Crippen molar-refractivity contribution in [3.8, 4) is 0 Å². The summed E-state index contributed by atoms with van der Waals surface area (Å²) < 4.78 is 39.2. The van der Waals surface area contributed by atoms with Crippen molar-refractivity contribution in [3.05, 3.63) is 71.8 Å². The van der Waals surface area contributed by atoms with Gasteiger partial charge in [0.2, 0.25) is 6.29 Å².